The van der Waals surface area contributed by atoms with Crippen molar-refractivity contribution in [3.8, 4) is 0 Å². The number of nitrogens with zero attached hydrogens (tertiary/aromatic N) is 3. The van der Waals surface area contributed by atoms with E-state index in [2.05, 4.69) is 9.97 Å². The van der Waals surface area contributed by atoms with E-state index < -0.39 is 11.7 Å². The third-order valence-corrected chi connectivity index (χ3v) is 5.97. The Kier molecular flexibility index (Phi) is 6.47. The minimum Gasteiger partial charge on any atom is -0.335 e. The highest BCUT2D eigenvalue weighted by Gasteiger charge is 2.38. The monoisotopic (exact) mass is 470 g/mol. The van der Waals surface area contributed by atoms with E-state index in [1.165, 1.54) is 11.0 Å². The minimum atomic E-state index is -0.605. The summed E-state index contributed by atoms with van der Waals surface area (Å²) in [7, 11) is 0. The third-order valence-electron chi connectivity index (χ3n) is 5.73. The van der Waals surface area contributed by atoms with Crippen LogP contribution in [0.4, 0.5) is 10.1 Å². The molecule has 2 heterocycles. The number of amides is 2. The molecule has 4 rings (SSSR count). The fourth-order valence-electron chi connectivity index (χ4n) is 4.15. The summed E-state index contributed by atoms with van der Waals surface area (Å²) in [6.45, 7) is 4.33. The maximum Gasteiger partial charge on any atom is 0.258 e. The van der Waals surface area contributed by atoms with Gasteiger partial charge in [0.15, 0.2) is 0 Å². The van der Waals surface area contributed by atoms with E-state index in [4.69, 9.17) is 11.6 Å². The highest BCUT2D eigenvalue weighted by molar-refractivity contribution is 6.31. The fraction of sp³-hybridized carbons (Fsp3) is 0.333. The maximum atomic E-state index is 14.4. The van der Waals surface area contributed by atoms with Gasteiger partial charge in [-0.1, -0.05) is 24.6 Å². The molecule has 1 fully saturated rings. The van der Waals surface area contributed by atoms with Gasteiger partial charge in [-0.2, -0.15) is 0 Å². The smallest absolute Gasteiger partial charge is 0.258 e. The fourth-order valence-corrected chi connectivity index (χ4v) is 4.31. The Hall–Kier alpha value is -3.26. The van der Waals surface area contributed by atoms with Crippen LogP contribution < -0.4 is 10.5 Å². The van der Waals surface area contributed by atoms with Crippen molar-refractivity contribution in [3.63, 3.8) is 0 Å². The second kappa shape index (κ2) is 9.31. The molecule has 1 aliphatic heterocycles. The average Bonchev–Trinajstić information content (AvgIpc) is 3.14. The van der Waals surface area contributed by atoms with Crippen molar-refractivity contribution >= 4 is 40.0 Å². The Morgan fingerprint density at radius 2 is 2.06 bits per heavy atom. The molecule has 1 saturated heterocycles. The van der Waals surface area contributed by atoms with Crippen molar-refractivity contribution in [2.24, 2.45) is 5.92 Å². The lowest BCUT2D eigenvalue weighted by atomic mass is 10.1. The summed E-state index contributed by atoms with van der Waals surface area (Å²) in [6.07, 6.45) is 0.690. The highest BCUT2D eigenvalue weighted by atomic mass is 35.5. The van der Waals surface area contributed by atoms with E-state index in [0.717, 1.165) is 5.56 Å². The van der Waals surface area contributed by atoms with E-state index in [1.54, 1.807) is 42.2 Å². The van der Waals surface area contributed by atoms with Crippen LogP contribution in [0.2, 0.25) is 5.02 Å². The predicted molar refractivity (Wildman–Crippen MR) is 125 cm³/mol. The lowest BCUT2D eigenvalue weighted by Gasteiger charge is -2.25. The summed E-state index contributed by atoms with van der Waals surface area (Å²) < 4.78 is 14.4. The van der Waals surface area contributed by atoms with Crippen LogP contribution in [0.1, 0.15) is 31.2 Å². The Bertz CT molecular complexity index is 1290. The first-order chi connectivity index (χ1) is 15.8. The zero-order valence-electron chi connectivity index (χ0n) is 18.4. The normalized spacial score (nSPS) is 15.9. The Labute approximate surface area is 195 Å². The van der Waals surface area contributed by atoms with Gasteiger partial charge < -0.3 is 14.8 Å². The van der Waals surface area contributed by atoms with Crippen molar-refractivity contribution in [3.05, 3.63) is 69.0 Å². The third kappa shape index (κ3) is 4.75. The van der Waals surface area contributed by atoms with Gasteiger partial charge in [0, 0.05) is 24.5 Å². The molecule has 33 heavy (non-hydrogen) atoms. The van der Waals surface area contributed by atoms with E-state index in [1.807, 2.05) is 6.92 Å². The zero-order valence-corrected chi connectivity index (χ0v) is 19.2. The van der Waals surface area contributed by atoms with E-state index >= 15 is 0 Å². The number of rotatable bonds is 6. The number of aryl methyl sites for hydroxylation is 1. The number of hydrogen-bond acceptors (Lipinski definition) is 4. The minimum absolute atomic E-state index is 0.00361. The standard InChI is InChI=1S/C24H24ClFN4O3/c1-3-8-29(13-21-27-19-11-16(25)5-6-17(19)23(32)28-21)24(33)15-10-22(31)30(12-15)20-7-4-14(2)9-18(20)26/h4-7,9,11,15H,3,8,10,12-13H2,1-2H3,(H,27,28,32). The zero-order chi connectivity index (χ0) is 23.7. The number of fused-ring (bicyclic) bond motifs is 1. The van der Waals surface area contributed by atoms with Gasteiger partial charge in [0.2, 0.25) is 11.8 Å². The van der Waals surface area contributed by atoms with Crippen LogP contribution >= 0.6 is 11.6 Å². The number of aromatic amines is 1. The van der Waals surface area contributed by atoms with Gasteiger partial charge in [0.1, 0.15) is 11.6 Å². The molecule has 172 valence electrons. The topological polar surface area (TPSA) is 86.4 Å². The Morgan fingerprint density at radius 1 is 1.27 bits per heavy atom. The molecule has 7 nitrogen and oxygen atoms in total. The molecule has 0 saturated carbocycles. The van der Waals surface area contributed by atoms with Crippen molar-refractivity contribution in [2.75, 3.05) is 18.0 Å². The molecule has 1 aromatic heterocycles. The van der Waals surface area contributed by atoms with Crippen LogP contribution in [0.3, 0.4) is 0 Å². The van der Waals surface area contributed by atoms with Crippen LogP contribution in [0.25, 0.3) is 10.9 Å². The number of nitrogens with one attached hydrogen (secondary N) is 1. The maximum absolute atomic E-state index is 14.4. The number of carbonyl (C=O) groups excluding carboxylic acids is 2. The molecule has 0 radical (unpaired) electrons. The quantitative estimate of drug-likeness (QED) is 0.593. The first-order valence-electron chi connectivity index (χ1n) is 10.8. The van der Waals surface area contributed by atoms with Crippen LogP contribution in [0, 0.1) is 18.7 Å². The average molecular weight is 471 g/mol. The van der Waals surface area contributed by atoms with Crippen LogP contribution in [0.15, 0.2) is 41.2 Å². The lowest BCUT2D eigenvalue weighted by Crippen LogP contribution is -2.38. The number of halogens is 2. The molecule has 1 N–H and O–H groups in total. The molecule has 0 spiro atoms. The summed E-state index contributed by atoms with van der Waals surface area (Å²) in [5.74, 6) is -1.28. The summed E-state index contributed by atoms with van der Waals surface area (Å²) in [5, 5.41) is 0.870. The molecule has 1 aliphatic rings. The molecule has 0 aliphatic carbocycles. The first-order valence-corrected chi connectivity index (χ1v) is 11.2. The van der Waals surface area contributed by atoms with Gasteiger partial charge in [0.05, 0.1) is 29.1 Å². The number of anilines is 1. The van der Waals surface area contributed by atoms with Crippen LogP contribution in [0.5, 0.6) is 0 Å². The van der Waals surface area contributed by atoms with Gasteiger partial charge in [-0.05, 0) is 49.2 Å². The van der Waals surface area contributed by atoms with Crippen molar-refractivity contribution < 1.29 is 14.0 Å². The van der Waals surface area contributed by atoms with Gasteiger partial charge >= 0.3 is 0 Å². The molecule has 1 unspecified atom stereocenters. The first kappa shape index (κ1) is 22.9. The van der Waals surface area contributed by atoms with Gasteiger partial charge in [-0.15, -0.1) is 0 Å². The molecule has 1 atom stereocenters. The van der Waals surface area contributed by atoms with E-state index in [-0.39, 0.29) is 42.6 Å². The SMILES string of the molecule is CCCN(Cc1nc2cc(Cl)ccc2c(=O)[nH]1)C(=O)C1CC(=O)N(c2ccc(C)cc2F)C1. The number of carbonyl (C=O) groups is 2. The van der Waals surface area contributed by atoms with Gasteiger partial charge in [-0.25, -0.2) is 9.37 Å². The second-order valence-corrected chi connectivity index (χ2v) is 8.73. The molecule has 0 bridgehead atoms. The van der Waals surface area contributed by atoms with E-state index in [9.17, 15) is 18.8 Å². The van der Waals surface area contributed by atoms with E-state index in [0.29, 0.717) is 34.7 Å². The number of hydrogen-bond donors (Lipinski definition) is 1. The van der Waals surface area contributed by atoms with Crippen molar-refractivity contribution in [1.82, 2.24) is 14.9 Å². The predicted octanol–water partition coefficient (Wildman–Crippen LogP) is 3.82. The summed E-state index contributed by atoms with van der Waals surface area (Å²) >= 11 is 6.03. The molecule has 2 amide bonds. The Balaban J connectivity index is 1.56. The summed E-state index contributed by atoms with van der Waals surface area (Å²) in [6, 6.07) is 9.49. The molecule has 2 aromatic carbocycles. The molecule has 3 aromatic rings. The second-order valence-electron chi connectivity index (χ2n) is 8.29. The molecule has 9 heteroatoms. The summed E-state index contributed by atoms with van der Waals surface area (Å²) in [5.41, 5.74) is 1.07. The number of H-pyrrole nitrogens is 1. The number of aromatic nitrogens is 2. The Morgan fingerprint density at radius 3 is 2.79 bits per heavy atom. The lowest BCUT2D eigenvalue weighted by molar-refractivity contribution is -0.136. The van der Waals surface area contributed by atoms with Crippen molar-refractivity contribution in [2.45, 2.75) is 33.2 Å². The number of benzene rings is 2. The van der Waals surface area contributed by atoms with Crippen molar-refractivity contribution in [1.29, 1.82) is 0 Å². The largest absolute Gasteiger partial charge is 0.335 e. The molecular weight excluding hydrogens is 447 g/mol. The summed E-state index contributed by atoms with van der Waals surface area (Å²) in [4.78, 5) is 48.5. The highest BCUT2D eigenvalue weighted by Crippen LogP contribution is 2.29. The van der Waals surface area contributed by atoms with Gasteiger partial charge in [-0.3, -0.25) is 14.4 Å². The molecular formula is C24H24ClFN4O3. The van der Waals surface area contributed by atoms with Crippen LogP contribution in [-0.4, -0.2) is 39.8 Å². The van der Waals surface area contributed by atoms with Gasteiger partial charge in [0.25, 0.3) is 5.56 Å². The van der Waals surface area contributed by atoms with Crippen LogP contribution in [-0.2, 0) is 16.1 Å².